The largest absolute Gasteiger partial charge is 0.390 e. The van der Waals surface area contributed by atoms with Crippen LogP contribution in [0.5, 0.6) is 0 Å². The van der Waals surface area contributed by atoms with Gasteiger partial charge in [-0.2, -0.15) is 0 Å². The molecule has 20 heavy (non-hydrogen) atoms. The molecule has 0 aromatic heterocycles. The molecule has 2 N–H and O–H groups in total. The second kappa shape index (κ2) is 5.00. The summed E-state index contributed by atoms with van der Waals surface area (Å²) in [6.45, 7) is 0.562. The second-order valence-electron chi connectivity index (χ2n) is 5.43. The number of hydrogen-bond donors (Lipinski definition) is 2. The maximum atomic E-state index is 12.5. The highest BCUT2D eigenvalue weighted by Gasteiger charge is 2.31. The number of nitrogens with zero attached hydrogens (tertiary/aromatic N) is 1. The predicted octanol–water partition coefficient (Wildman–Crippen LogP) is 0.383. The van der Waals surface area contributed by atoms with Gasteiger partial charge in [-0.1, -0.05) is 12.1 Å². The molecule has 106 valence electrons. The van der Waals surface area contributed by atoms with Crippen LogP contribution < -0.4 is 0 Å². The third-order valence-electron chi connectivity index (χ3n) is 4.14. The first-order valence-corrected chi connectivity index (χ1v) is 6.88. The molecule has 1 amide bonds. The molecule has 5 heteroatoms. The number of Topliss-reactive ketones (excluding diaryl/α,β-unsaturated/α-hetero) is 1. The summed E-state index contributed by atoms with van der Waals surface area (Å²) < 4.78 is 0. The minimum atomic E-state index is -0.897. The van der Waals surface area contributed by atoms with Crippen molar-refractivity contribution < 1.29 is 19.8 Å². The zero-order chi connectivity index (χ0) is 14.3. The first-order chi connectivity index (χ1) is 9.58. The van der Waals surface area contributed by atoms with E-state index < -0.39 is 12.2 Å². The average molecular weight is 275 g/mol. The van der Waals surface area contributed by atoms with Crippen molar-refractivity contribution in [1.29, 1.82) is 0 Å². The summed E-state index contributed by atoms with van der Waals surface area (Å²) in [5.74, 6) is -0.0775. The minimum absolute atomic E-state index is 0.0868. The molecule has 0 bridgehead atoms. The first-order valence-electron chi connectivity index (χ1n) is 6.88. The van der Waals surface area contributed by atoms with Crippen LogP contribution in [0.4, 0.5) is 0 Å². The Kier molecular flexibility index (Phi) is 3.31. The SMILES string of the molecule is O=C1CCc2c1cccc2C(=O)N1CC[C@H](O)[C@@H](O)C1. The van der Waals surface area contributed by atoms with E-state index in [0.717, 1.165) is 5.56 Å². The fourth-order valence-electron chi connectivity index (χ4n) is 2.97. The van der Waals surface area contributed by atoms with Crippen molar-refractivity contribution in [1.82, 2.24) is 4.90 Å². The molecule has 2 aliphatic rings. The van der Waals surface area contributed by atoms with E-state index >= 15 is 0 Å². The molecule has 5 nitrogen and oxygen atoms in total. The van der Waals surface area contributed by atoms with Crippen molar-refractivity contribution in [2.24, 2.45) is 0 Å². The molecule has 1 aliphatic carbocycles. The van der Waals surface area contributed by atoms with Gasteiger partial charge in [0.1, 0.15) is 0 Å². The van der Waals surface area contributed by atoms with Crippen LogP contribution in [0.2, 0.25) is 0 Å². The van der Waals surface area contributed by atoms with Crippen LogP contribution in [0.1, 0.15) is 39.1 Å². The van der Waals surface area contributed by atoms with E-state index in [2.05, 4.69) is 0 Å². The smallest absolute Gasteiger partial charge is 0.254 e. The monoisotopic (exact) mass is 275 g/mol. The van der Waals surface area contributed by atoms with Gasteiger partial charge < -0.3 is 15.1 Å². The second-order valence-corrected chi connectivity index (χ2v) is 5.43. The summed E-state index contributed by atoms with van der Waals surface area (Å²) >= 11 is 0. The van der Waals surface area contributed by atoms with Gasteiger partial charge >= 0.3 is 0 Å². The highest BCUT2D eigenvalue weighted by molar-refractivity contribution is 6.05. The van der Waals surface area contributed by atoms with Crippen LogP contribution >= 0.6 is 0 Å². The van der Waals surface area contributed by atoms with Gasteiger partial charge in [0.05, 0.1) is 12.2 Å². The molecule has 1 aromatic rings. The standard InChI is InChI=1S/C15H17NO4/c17-12-5-4-9-10(12)2-1-3-11(9)15(20)16-7-6-13(18)14(19)8-16/h1-3,13-14,18-19H,4-8H2/t13-,14-/m0/s1. The number of likely N-dealkylation sites (tertiary alicyclic amines) is 1. The highest BCUT2D eigenvalue weighted by atomic mass is 16.3. The van der Waals surface area contributed by atoms with Gasteiger partial charge in [0.25, 0.3) is 5.91 Å². The number of aliphatic hydroxyl groups excluding tert-OH is 2. The third kappa shape index (κ3) is 2.13. The number of rotatable bonds is 1. The first kappa shape index (κ1) is 13.3. The number of piperidine rings is 1. The highest BCUT2D eigenvalue weighted by Crippen LogP contribution is 2.27. The zero-order valence-electron chi connectivity index (χ0n) is 11.1. The number of aliphatic hydroxyl groups is 2. The van der Waals surface area contributed by atoms with Crippen LogP contribution in [-0.4, -0.2) is 52.1 Å². The molecular weight excluding hydrogens is 258 g/mol. The molecule has 1 saturated heterocycles. The molecule has 1 heterocycles. The van der Waals surface area contributed by atoms with Gasteiger partial charge in [0.2, 0.25) is 0 Å². The van der Waals surface area contributed by atoms with Gasteiger partial charge in [0.15, 0.2) is 5.78 Å². The Balaban J connectivity index is 1.87. The summed E-state index contributed by atoms with van der Waals surface area (Å²) in [5, 5.41) is 19.2. The molecule has 0 spiro atoms. The normalized spacial score (nSPS) is 25.7. The predicted molar refractivity (Wildman–Crippen MR) is 71.6 cm³/mol. The van der Waals surface area contributed by atoms with E-state index in [-0.39, 0.29) is 18.2 Å². The van der Waals surface area contributed by atoms with E-state index in [1.54, 1.807) is 23.1 Å². The van der Waals surface area contributed by atoms with Gasteiger partial charge in [-0.3, -0.25) is 9.59 Å². The summed E-state index contributed by atoms with van der Waals surface area (Å²) in [4.78, 5) is 25.8. The third-order valence-corrected chi connectivity index (χ3v) is 4.14. The van der Waals surface area contributed by atoms with E-state index in [1.165, 1.54) is 0 Å². The molecular formula is C15H17NO4. The van der Waals surface area contributed by atoms with Crippen molar-refractivity contribution in [2.45, 2.75) is 31.5 Å². The quantitative estimate of drug-likeness (QED) is 0.777. The summed E-state index contributed by atoms with van der Waals surface area (Å²) in [7, 11) is 0. The maximum Gasteiger partial charge on any atom is 0.254 e. The van der Waals surface area contributed by atoms with Crippen LogP contribution in [0.3, 0.4) is 0 Å². The lowest BCUT2D eigenvalue weighted by Gasteiger charge is -2.33. The maximum absolute atomic E-state index is 12.5. The van der Waals surface area contributed by atoms with Crippen molar-refractivity contribution >= 4 is 11.7 Å². The van der Waals surface area contributed by atoms with Crippen molar-refractivity contribution in [3.8, 4) is 0 Å². The Labute approximate surface area is 116 Å². The minimum Gasteiger partial charge on any atom is -0.390 e. The summed E-state index contributed by atoms with van der Waals surface area (Å²) in [5.41, 5.74) is 2.02. The zero-order valence-corrected chi connectivity index (χ0v) is 11.1. The molecule has 0 saturated carbocycles. The van der Waals surface area contributed by atoms with E-state index in [0.29, 0.717) is 36.9 Å². The fraction of sp³-hybridized carbons (Fsp3) is 0.467. The number of amides is 1. The lowest BCUT2D eigenvalue weighted by Crippen LogP contribution is -2.49. The number of β-amino-alcohol motifs (C(OH)–C–C–N with tert-alkyl or cyclic N) is 1. The number of hydrogen-bond acceptors (Lipinski definition) is 4. The Morgan fingerprint density at radius 3 is 2.75 bits per heavy atom. The van der Waals surface area contributed by atoms with Gasteiger partial charge in [-0.25, -0.2) is 0 Å². The van der Waals surface area contributed by atoms with Gasteiger partial charge in [-0.15, -0.1) is 0 Å². The molecule has 2 atom stereocenters. The molecule has 1 aromatic carbocycles. The van der Waals surface area contributed by atoms with Crippen LogP contribution in [-0.2, 0) is 6.42 Å². The molecule has 0 unspecified atom stereocenters. The molecule has 1 aliphatic heterocycles. The Hall–Kier alpha value is -1.72. The number of ketones is 1. The van der Waals surface area contributed by atoms with E-state index in [1.807, 2.05) is 0 Å². The molecule has 1 fully saturated rings. The van der Waals surface area contributed by atoms with Gasteiger partial charge in [-0.05, 0) is 24.5 Å². The van der Waals surface area contributed by atoms with Crippen LogP contribution in [0.25, 0.3) is 0 Å². The Morgan fingerprint density at radius 2 is 2.00 bits per heavy atom. The van der Waals surface area contributed by atoms with Gasteiger partial charge in [0, 0.05) is 30.6 Å². The Morgan fingerprint density at radius 1 is 1.20 bits per heavy atom. The number of carbonyl (C=O) groups is 2. The van der Waals surface area contributed by atoms with Crippen molar-refractivity contribution in [3.63, 3.8) is 0 Å². The topological polar surface area (TPSA) is 77.8 Å². The van der Waals surface area contributed by atoms with Crippen molar-refractivity contribution in [3.05, 3.63) is 34.9 Å². The lowest BCUT2D eigenvalue weighted by molar-refractivity contribution is -0.0321. The van der Waals surface area contributed by atoms with Crippen LogP contribution in [0, 0.1) is 0 Å². The fourth-order valence-corrected chi connectivity index (χ4v) is 2.97. The Bertz CT molecular complexity index is 569. The van der Waals surface area contributed by atoms with Crippen molar-refractivity contribution in [2.75, 3.05) is 13.1 Å². The van der Waals surface area contributed by atoms with E-state index in [4.69, 9.17) is 0 Å². The van der Waals surface area contributed by atoms with E-state index in [9.17, 15) is 19.8 Å². The number of fused-ring (bicyclic) bond motifs is 1. The lowest BCUT2D eigenvalue weighted by atomic mass is 9.99. The average Bonchev–Trinajstić information content (AvgIpc) is 2.83. The molecule has 0 radical (unpaired) electrons. The van der Waals surface area contributed by atoms with Crippen LogP contribution in [0.15, 0.2) is 18.2 Å². The molecule has 3 rings (SSSR count). The summed E-state index contributed by atoms with van der Waals surface area (Å²) in [6.07, 6.45) is -0.218. The number of carbonyl (C=O) groups excluding carboxylic acids is 2. The number of benzene rings is 1. The summed E-state index contributed by atoms with van der Waals surface area (Å²) in [6, 6.07) is 5.22.